The van der Waals surface area contributed by atoms with E-state index in [0.717, 1.165) is 16.8 Å². The highest BCUT2D eigenvalue weighted by Gasteiger charge is 2.25. The third-order valence-corrected chi connectivity index (χ3v) is 5.31. The van der Waals surface area contributed by atoms with E-state index in [4.69, 9.17) is 22.0 Å². The van der Waals surface area contributed by atoms with E-state index in [1.807, 2.05) is 49.0 Å². The summed E-state index contributed by atoms with van der Waals surface area (Å²) in [6, 6.07) is 10.8. The van der Waals surface area contributed by atoms with E-state index < -0.39 is 25.5 Å². The van der Waals surface area contributed by atoms with Crippen LogP contribution in [0.4, 0.5) is 5.69 Å². The second kappa shape index (κ2) is 7.04. The molecule has 0 aliphatic rings. The van der Waals surface area contributed by atoms with Crippen LogP contribution in [0.2, 0.25) is 0 Å². The minimum Gasteiger partial charge on any atom is -0.456 e. The van der Waals surface area contributed by atoms with Gasteiger partial charge in [-0.2, -0.15) is 0 Å². The summed E-state index contributed by atoms with van der Waals surface area (Å²) in [5.41, 5.74) is 2.17. The van der Waals surface area contributed by atoms with Gasteiger partial charge < -0.3 is 4.42 Å². The Bertz CT molecular complexity index is 1590. The number of aromatic nitrogens is 1. The summed E-state index contributed by atoms with van der Waals surface area (Å²) in [6.45, 7) is 6.45. The molecule has 2 aromatic carbocycles. The number of hydrogen-bond donors (Lipinski definition) is 0. The molecule has 0 radical (unpaired) electrons. The zero-order chi connectivity index (χ0) is 27.7. The highest BCUT2D eigenvalue weighted by molar-refractivity contribution is 6.12. The third-order valence-electron chi connectivity index (χ3n) is 5.31. The average Bonchev–Trinajstić information content (AvgIpc) is 3.14. The summed E-state index contributed by atoms with van der Waals surface area (Å²) in [6.07, 6.45) is 1.88. The molecule has 0 bridgehead atoms. The van der Waals surface area contributed by atoms with Gasteiger partial charge in [0.1, 0.15) is 18.2 Å². The molecule has 0 saturated carbocycles. The molecule has 0 N–H and O–H groups in total. The number of pyridine rings is 1. The lowest BCUT2D eigenvalue weighted by Crippen LogP contribution is -2.30. The van der Waals surface area contributed by atoms with Gasteiger partial charge in [-0.15, -0.1) is 0 Å². The van der Waals surface area contributed by atoms with Crippen molar-refractivity contribution in [1.82, 2.24) is 0 Å². The summed E-state index contributed by atoms with van der Waals surface area (Å²) in [5.74, 6) is -4.57. The van der Waals surface area contributed by atoms with Gasteiger partial charge in [0, 0.05) is 39.4 Å². The number of fused-ring (bicyclic) bond motifs is 3. The first-order valence-electron chi connectivity index (χ1n) is 13.3. The second-order valence-corrected chi connectivity index (χ2v) is 7.32. The van der Waals surface area contributed by atoms with Crippen LogP contribution in [-0.2, 0) is 7.05 Å². The molecule has 0 fully saturated rings. The summed E-state index contributed by atoms with van der Waals surface area (Å²) >= 11 is 0. The maximum atomic E-state index is 8.90. The van der Waals surface area contributed by atoms with Crippen LogP contribution in [0, 0.1) is 13.5 Å². The number of rotatable bonds is 3. The van der Waals surface area contributed by atoms with Gasteiger partial charge in [-0.05, 0) is 35.9 Å². The number of hydrogen-bond acceptors (Lipinski definition) is 1. The fraction of sp³-hybridized carbons (Fsp3) is 0.308. The van der Waals surface area contributed by atoms with Crippen molar-refractivity contribution in [3.05, 3.63) is 70.7 Å². The van der Waals surface area contributed by atoms with E-state index in [1.165, 1.54) is 19.9 Å². The first-order chi connectivity index (χ1) is 16.9. The Kier molecular flexibility index (Phi) is 2.86. The fourth-order valence-corrected chi connectivity index (χ4v) is 3.91. The minimum absolute atomic E-state index is 0.0325. The molecule has 2 atom stereocenters. The standard InChI is InChI=1S/C26H27N2O/c1-15(2)19-14-20-18-12-11-17(5)23(21-10-8-9-13-28(21)7)25(18)29-26(20)22(16(3)4)24(19)27-6/h8-16H,1-5,7H3/q+1/i1D3,3D3,15D,16D. The Hall–Kier alpha value is -3.12. The Labute approximate surface area is 183 Å². The first-order valence-corrected chi connectivity index (χ1v) is 9.31. The molecular weight excluding hydrogens is 356 g/mol. The molecule has 4 rings (SSSR count). The van der Waals surface area contributed by atoms with Crippen LogP contribution in [0.15, 0.2) is 47.0 Å². The van der Waals surface area contributed by atoms with E-state index in [2.05, 4.69) is 4.85 Å². The fourth-order valence-electron chi connectivity index (χ4n) is 3.91. The normalized spacial score (nSPS) is 20.7. The molecule has 2 heterocycles. The molecule has 0 amide bonds. The van der Waals surface area contributed by atoms with Crippen molar-refractivity contribution >= 4 is 27.6 Å². The smallest absolute Gasteiger partial charge is 0.216 e. The third kappa shape index (κ3) is 2.91. The molecular formula is C26H27N2O+. The van der Waals surface area contributed by atoms with Gasteiger partial charge in [-0.1, -0.05) is 45.8 Å². The van der Waals surface area contributed by atoms with Gasteiger partial charge in [0.2, 0.25) is 5.69 Å². The molecule has 3 heteroatoms. The van der Waals surface area contributed by atoms with Crippen molar-refractivity contribution in [3.8, 4) is 11.3 Å². The SMILES string of the molecule is [2H]C([2H])([2H])C([2H])(C)c1cc2c(oc3c(-c4cccc[n+]4C)c(C)ccc32)c(C([2H])(C)C([2H])([2H])[2H])c1[N+]#[C-]. The molecule has 0 saturated heterocycles. The van der Waals surface area contributed by atoms with E-state index in [1.54, 1.807) is 6.07 Å². The van der Waals surface area contributed by atoms with Crippen LogP contribution in [0.25, 0.3) is 38.0 Å². The Balaban J connectivity index is 2.30. The molecule has 4 aromatic rings. The zero-order valence-corrected chi connectivity index (χ0v) is 16.8. The molecule has 0 spiro atoms. The minimum atomic E-state index is -2.88. The van der Waals surface area contributed by atoms with Gasteiger partial charge in [0.25, 0.3) is 0 Å². The predicted octanol–water partition coefficient (Wildman–Crippen LogP) is 7.18. The Morgan fingerprint density at radius 1 is 1.10 bits per heavy atom. The highest BCUT2D eigenvalue weighted by atomic mass is 16.3. The van der Waals surface area contributed by atoms with Crippen molar-refractivity contribution < 1.29 is 20.0 Å². The molecule has 3 nitrogen and oxygen atoms in total. The van der Waals surface area contributed by atoms with Crippen LogP contribution in [0.1, 0.15) is 67.0 Å². The van der Waals surface area contributed by atoms with Crippen LogP contribution >= 0.6 is 0 Å². The van der Waals surface area contributed by atoms with E-state index in [9.17, 15) is 0 Å². The number of nitrogens with zero attached hydrogens (tertiary/aromatic N) is 2. The topological polar surface area (TPSA) is 21.4 Å². The first kappa shape index (κ1) is 11.8. The molecule has 0 aliphatic heterocycles. The van der Waals surface area contributed by atoms with Gasteiger partial charge >= 0.3 is 0 Å². The van der Waals surface area contributed by atoms with E-state index in [0.29, 0.717) is 16.4 Å². The average molecular weight is 392 g/mol. The Morgan fingerprint density at radius 3 is 2.59 bits per heavy atom. The summed E-state index contributed by atoms with van der Waals surface area (Å²) in [5, 5.41) is 0.929. The van der Waals surface area contributed by atoms with Crippen LogP contribution < -0.4 is 4.57 Å². The molecule has 0 aliphatic carbocycles. The predicted molar refractivity (Wildman–Crippen MR) is 120 cm³/mol. The molecule has 2 unspecified atom stereocenters. The van der Waals surface area contributed by atoms with Crippen molar-refractivity contribution in [2.24, 2.45) is 7.05 Å². The molecule has 2 aromatic heterocycles. The zero-order valence-electron chi connectivity index (χ0n) is 24.8. The van der Waals surface area contributed by atoms with Crippen LogP contribution in [0.5, 0.6) is 0 Å². The number of aryl methyl sites for hydroxylation is 2. The van der Waals surface area contributed by atoms with Gasteiger partial charge in [-0.25, -0.2) is 9.41 Å². The van der Waals surface area contributed by atoms with E-state index >= 15 is 0 Å². The largest absolute Gasteiger partial charge is 0.456 e. The number of benzene rings is 2. The molecule has 146 valence electrons. The quantitative estimate of drug-likeness (QED) is 0.268. The van der Waals surface area contributed by atoms with Crippen LogP contribution in [-0.4, -0.2) is 0 Å². The van der Waals surface area contributed by atoms with Crippen molar-refractivity contribution in [3.63, 3.8) is 0 Å². The molecule has 29 heavy (non-hydrogen) atoms. The van der Waals surface area contributed by atoms with Crippen molar-refractivity contribution in [2.45, 2.75) is 46.3 Å². The maximum Gasteiger partial charge on any atom is 0.216 e. The summed E-state index contributed by atoms with van der Waals surface area (Å²) in [7, 11) is 1.88. The lowest BCUT2D eigenvalue weighted by Gasteiger charge is -2.15. The van der Waals surface area contributed by atoms with Gasteiger partial charge in [0.05, 0.1) is 12.1 Å². The lowest BCUT2D eigenvalue weighted by atomic mass is 9.90. The second-order valence-electron chi connectivity index (χ2n) is 7.32. The summed E-state index contributed by atoms with van der Waals surface area (Å²) in [4.78, 5) is 3.51. The van der Waals surface area contributed by atoms with Gasteiger partial charge in [0.15, 0.2) is 11.9 Å². The summed E-state index contributed by atoms with van der Waals surface area (Å²) < 4.78 is 74.1. The number of furan rings is 1. The van der Waals surface area contributed by atoms with Crippen molar-refractivity contribution in [2.75, 3.05) is 0 Å². The maximum absolute atomic E-state index is 8.90. The van der Waals surface area contributed by atoms with Crippen molar-refractivity contribution in [1.29, 1.82) is 0 Å². The van der Waals surface area contributed by atoms with Crippen LogP contribution in [0.3, 0.4) is 0 Å². The van der Waals surface area contributed by atoms with Gasteiger partial charge in [-0.3, -0.25) is 0 Å². The highest BCUT2D eigenvalue weighted by Crippen LogP contribution is 2.45. The monoisotopic (exact) mass is 391 g/mol. The Morgan fingerprint density at radius 2 is 1.90 bits per heavy atom. The van der Waals surface area contributed by atoms with E-state index in [-0.39, 0.29) is 22.4 Å². The lowest BCUT2D eigenvalue weighted by molar-refractivity contribution is -0.660.